The molecule has 2 aromatic carbocycles. The molecule has 24 heavy (non-hydrogen) atoms. The first-order chi connectivity index (χ1) is 11.7. The number of H-pyrrole nitrogens is 1. The minimum atomic E-state index is 0.408. The van der Waals surface area contributed by atoms with Crippen LogP contribution >= 0.6 is 0 Å². The molecule has 0 fully saturated rings. The summed E-state index contributed by atoms with van der Waals surface area (Å²) in [5, 5.41) is 0. The van der Waals surface area contributed by atoms with Crippen LogP contribution in [0.5, 0.6) is 0 Å². The third kappa shape index (κ3) is 2.77. The summed E-state index contributed by atoms with van der Waals surface area (Å²) >= 11 is 0. The van der Waals surface area contributed by atoms with Crippen molar-refractivity contribution in [3.63, 3.8) is 0 Å². The van der Waals surface area contributed by atoms with E-state index in [2.05, 4.69) is 67.4 Å². The molecule has 0 amide bonds. The van der Waals surface area contributed by atoms with Crippen molar-refractivity contribution in [2.24, 2.45) is 0 Å². The Morgan fingerprint density at radius 3 is 2.46 bits per heavy atom. The highest BCUT2D eigenvalue weighted by molar-refractivity contribution is 5.92. The van der Waals surface area contributed by atoms with Crippen molar-refractivity contribution >= 4 is 16.6 Å². The molecule has 1 aliphatic carbocycles. The van der Waals surface area contributed by atoms with Crippen LogP contribution < -0.4 is 0 Å². The molecule has 0 aliphatic heterocycles. The third-order valence-corrected chi connectivity index (χ3v) is 4.94. The lowest BCUT2D eigenvalue weighted by Gasteiger charge is -2.13. The van der Waals surface area contributed by atoms with Crippen molar-refractivity contribution in [1.82, 2.24) is 9.97 Å². The highest BCUT2D eigenvalue weighted by atomic mass is 14.9. The minimum Gasteiger partial charge on any atom is -0.342 e. The molecule has 122 valence electrons. The van der Waals surface area contributed by atoms with E-state index in [1.165, 1.54) is 47.9 Å². The maximum Gasteiger partial charge on any atom is 0.109 e. The number of aromatic amines is 1. The third-order valence-electron chi connectivity index (χ3n) is 4.94. The number of hydrogen-bond acceptors (Lipinski definition) is 1. The first-order valence-electron chi connectivity index (χ1n) is 9.01. The van der Waals surface area contributed by atoms with Gasteiger partial charge in [-0.3, -0.25) is 0 Å². The summed E-state index contributed by atoms with van der Waals surface area (Å²) in [6, 6.07) is 15.4. The van der Waals surface area contributed by atoms with Gasteiger partial charge in [0.1, 0.15) is 5.82 Å². The highest BCUT2D eigenvalue weighted by Gasteiger charge is 2.12. The van der Waals surface area contributed by atoms with Gasteiger partial charge < -0.3 is 4.98 Å². The fraction of sp³-hybridized carbons (Fsp3) is 0.318. The van der Waals surface area contributed by atoms with Crippen molar-refractivity contribution in [2.45, 2.75) is 45.4 Å². The molecule has 1 aliphatic rings. The first kappa shape index (κ1) is 15.2. The molecule has 1 aromatic heterocycles. The number of allylic oxidation sites excluding steroid dienone is 2. The van der Waals surface area contributed by atoms with Crippen LogP contribution in [0.2, 0.25) is 0 Å². The number of para-hydroxylation sites is 1. The SMILES string of the molecule is CC(C)c1nc2c(-c3ccc(C4=CCCCC4)cc3)cccc2[nH]1. The van der Waals surface area contributed by atoms with Gasteiger partial charge in [0.2, 0.25) is 0 Å². The van der Waals surface area contributed by atoms with Gasteiger partial charge in [-0.1, -0.05) is 56.3 Å². The smallest absolute Gasteiger partial charge is 0.109 e. The van der Waals surface area contributed by atoms with Crippen molar-refractivity contribution in [2.75, 3.05) is 0 Å². The zero-order valence-electron chi connectivity index (χ0n) is 14.5. The van der Waals surface area contributed by atoms with Crippen LogP contribution in [0.1, 0.15) is 56.8 Å². The van der Waals surface area contributed by atoms with Crippen molar-refractivity contribution in [3.05, 3.63) is 59.9 Å². The number of rotatable bonds is 3. The largest absolute Gasteiger partial charge is 0.342 e. The van der Waals surface area contributed by atoms with Gasteiger partial charge in [-0.05, 0) is 48.4 Å². The Kier molecular flexibility index (Phi) is 3.97. The van der Waals surface area contributed by atoms with Crippen LogP contribution in [0.4, 0.5) is 0 Å². The fourth-order valence-electron chi connectivity index (χ4n) is 3.52. The van der Waals surface area contributed by atoms with Crippen molar-refractivity contribution in [1.29, 1.82) is 0 Å². The van der Waals surface area contributed by atoms with E-state index in [1.54, 1.807) is 0 Å². The molecule has 0 bridgehead atoms. The summed E-state index contributed by atoms with van der Waals surface area (Å²) in [6.45, 7) is 4.34. The standard InChI is InChI=1S/C22H24N2/c1-15(2)22-23-20-10-6-9-19(21(20)24-22)18-13-11-17(12-14-18)16-7-4-3-5-8-16/h6-7,9-15H,3-5,8H2,1-2H3,(H,23,24). The number of benzene rings is 2. The van der Waals surface area contributed by atoms with Crippen LogP contribution in [0.25, 0.3) is 27.7 Å². The van der Waals surface area contributed by atoms with E-state index in [0.29, 0.717) is 5.92 Å². The molecule has 3 aromatic rings. The quantitative estimate of drug-likeness (QED) is 0.602. The molecule has 2 nitrogen and oxygen atoms in total. The van der Waals surface area contributed by atoms with E-state index in [1.807, 2.05) is 0 Å². The fourth-order valence-corrected chi connectivity index (χ4v) is 3.52. The van der Waals surface area contributed by atoms with Gasteiger partial charge in [0.15, 0.2) is 0 Å². The molecule has 1 N–H and O–H groups in total. The Balaban J connectivity index is 1.73. The van der Waals surface area contributed by atoms with Crippen molar-refractivity contribution < 1.29 is 0 Å². The zero-order valence-corrected chi connectivity index (χ0v) is 14.5. The number of fused-ring (bicyclic) bond motifs is 1. The first-order valence-corrected chi connectivity index (χ1v) is 9.01. The maximum absolute atomic E-state index is 4.83. The maximum atomic E-state index is 4.83. The van der Waals surface area contributed by atoms with Crippen LogP contribution in [-0.4, -0.2) is 9.97 Å². The van der Waals surface area contributed by atoms with Crippen LogP contribution in [0.3, 0.4) is 0 Å². The number of imidazole rings is 1. The van der Waals surface area contributed by atoms with Crippen LogP contribution in [0, 0.1) is 0 Å². The predicted octanol–water partition coefficient (Wildman–Crippen LogP) is 6.31. The molecule has 0 atom stereocenters. The average Bonchev–Trinajstić information content (AvgIpc) is 3.07. The Bertz CT molecular complexity index is 882. The molecule has 0 saturated carbocycles. The summed E-state index contributed by atoms with van der Waals surface area (Å²) in [7, 11) is 0. The lowest BCUT2D eigenvalue weighted by Crippen LogP contribution is -1.91. The van der Waals surface area contributed by atoms with Gasteiger partial charge in [0.25, 0.3) is 0 Å². The second-order valence-electron chi connectivity index (χ2n) is 7.03. The Morgan fingerprint density at radius 2 is 1.75 bits per heavy atom. The summed E-state index contributed by atoms with van der Waals surface area (Å²) in [5.41, 5.74) is 7.52. The molecule has 2 heteroatoms. The normalized spacial score (nSPS) is 15.0. The van der Waals surface area contributed by atoms with Gasteiger partial charge in [0.05, 0.1) is 11.0 Å². The highest BCUT2D eigenvalue weighted by Crippen LogP contribution is 2.31. The van der Waals surface area contributed by atoms with Gasteiger partial charge in [-0.15, -0.1) is 0 Å². The van der Waals surface area contributed by atoms with E-state index < -0.39 is 0 Å². The number of nitrogens with one attached hydrogen (secondary N) is 1. The molecule has 4 rings (SSSR count). The van der Waals surface area contributed by atoms with Gasteiger partial charge in [0, 0.05) is 11.5 Å². The molecular weight excluding hydrogens is 292 g/mol. The summed E-state index contributed by atoms with van der Waals surface area (Å²) in [6.07, 6.45) is 7.49. The van der Waals surface area contributed by atoms with Crippen LogP contribution in [-0.2, 0) is 0 Å². The van der Waals surface area contributed by atoms with E-state index in [9.17, 15) is 0 Å². The van der Waals surface area contributed by atoms with Gasteiger partial charge >= 0.3 is 0 Å². The topological polar surface area (TPSA) is 28.7 Å². The Morgan fingerprint density at radius 1 is 0.958 bits per heavy atom. The number of aromatic nitrogens is 2. The summed E-state index contributed by atoms with van der Waals surface area (Å²) in [4.78, 5) is 8.28. The second kappa shape index (κ2) is 6.27. The summed E-state index contributed by atoms with van der Waals surface area (Å²) < 4.78 is 0. The molecular formula is C22H24N2. The van der Waals surface area contributed by atoms with Gasteiger partial charge in [-0.25, -0.2) is 4.98 Å². The predicted molar refractivity (Wildman–Crippen MR) is 102 cm³/mol. The molecule has 0 radical (unpaired) electrons. The molecule has 0 spiro atoms. The molecule has 0 unspecified atom stereocenters. The van der Waals surface area contributed by atoms with E-state index in [4.69, 9.17) is 4.98 Å². The van der Waals surface area contributed by atoms with E-state index >= 15 is 0 Å². The number of hydrogen-bond donors (Lipinski definition) is 1. The Labute approximate surface area is 143 Å². The monoisotopic (exact) mass is 316 g/mol. The number of nitrogens with zero attached hydrogens (tertiary/aromatic N) is 1. The van der Waals surface area contributed by atoms with E-state index in [-0.39, 0.29) is 0 Å². The van der Waals surface area contributed by atoms with Crippen molar-refractivity contribution in [3.8, 4) is 11.1 Å². The minimum absolute atomic E-state index is 0.408. The van der Waals surface area contributed by atoms with E-state index in [0.717, 1.165) is 16.9 Å². The molecule has 1 heterocycles. The second-order valence-corrected chi connectivity index (χ2v) is 7.03. The zero-order chi connectivity index (χ0) is 16.5. The average molecular weight is 316 g/mol. The lowest BCUT2D eigenvalue weighted by molar-refractivity contribution is 0.742. The lowest BCUT2D eigenvalue weighted by atomic mass is 9.92. The van der Waals surface area contributed by atoms with Gasteiger partial charge in [-0.2, -0.15) is 0 Å². The summed E-state index contributed by atoms with van der Waals surface area (Å²) in [5.74, 6) is 1.47. The molecule has 0 saturated heterocycles. The van der Waals surface area contributed by atoms with Crippen LogP contribution in [0.15, 0.2) is 48.5 Å². The Hall–Kier alpha value is -2.35.